The monoisotopic (exact) mass is 216 g/mol. The third-order valence-electron chi connectivity index (χ3n) is 2.26. The first-order chi connectivity index (χ1) is 6.49. The van der Waals surface area contributed by atoms with Gasteiger partial charge in [-0.2, -0.15) is 0 Å². The van der Waals surface area contributed by atoms with Crippen LogP contribution in [0.4, 0.5) is 0 Å². The summed E-state index contributed by atoms with van der Waals surface area (Å²) in [6, 6.07) is 0. The highest BCUT2D eigenvalue weighted by atomic mass is 32.2. The maximum absolute atomic E-state index is 11.0. The molecule has 0 spiro atoms. The molecule has 1 rings (SSSR count). The van der Waals surface area contributed by atoms with Gasteiger partial charge in [0, 0.05) is 12.3 Å². The van der Waals surface area contributed by atoms with Gasteiger partial charge in [0.2, 0.25) is 0 Å². The Kier molecular flexibility index (Phi) is 3.53. The molecule has 1 aliphatic rings. The summed E-state index contributed by atoms with van der Waals surface area (Å²) in [6.07, 6.45) is 1.70. The summed E-state index contributed by atoms with van der Waals surface area (Å²) in [5, 5.41) is 8.26. The molecule has 0 aromatic heterocycles. The number of carboxylic acid groups (broad SMARTS) is 1. The minimum absolute atomic E-state index is 0.215. The molecule has 1 heterocycles. The average molecular weight is 216 g/mol. The first kappa shape index (κ1) is 11.1. The van der Waals surface area contributed by atoms with Crippen LogP contribution in [-0.2, 0) is 14.6 Å². The standard InChI is InChI=1S/C9H12O4S/c10-9(11)3-1-2-8-4-6-14(12,13)7-5-8/h8H,2,4-7H2,(H,10,11). The molecule has 0 aliphatic carbocycles. The zero-order valence-electron chi connectivity index (χ0n) is 7.69. The topological polar surface area (TPSA) is 71.4 Å². The maximum Gasteiger partial charge on any atom is 0.381 e. The molecular weight excluding hydrogens is 204 g/mol. The van der Waals surface area contributed by atoms with Crippen molar-refractivity contribution in [2.45, 2.75) is 19.3 Å². The summed E-state index contributed by atoms with van der Waals surface area (Å²) in [4.78, 5) is 10.1. The minimum Gasteiger partial charge on any atom is -0.472 e. The lowest BCUT2D eigenvalue weighted by atomic mass is 9.99. The number of hydrogen-bond donors (Lipinski definition) is 1. The first-order valence-corrected chi connectivity index (χ1v) is 6.24. The maximum atomic E-state index is 11.0. The van der Waals surface area contributed by atoms with Crippen LogP contribution >= 0.6 is 0 Å². The quantitative estimate of drug-likeness (QED) is 0.639. The van der Waals surface area contributed by atoms with E-state index in [1.165, 1.54) is 0 Å². The highest BCUT2D eigenvalue weighted by molar-refractivity contribution is 7.91. The van der Waals surface area contributed by atoms with E-state index in [0.717, 1.165) is 0 Å². The average Bonchev–Trinajstić information content (AvgIpc) is 2.07. The molecule has 0 atom stereocenters. The van der Waals surface area contributed by atoms with Gasteiger partial charge < -0.3 is 5.11 Å². The predicted octanol–water partition coefficient (Wildman–Crippen LogP) is 0.289. The van der Waals surface area contributed by atoms with Gasteiger partial charge in [-0.05, 0) is 18.8 Å². The van der Waals surface area contributed by atoms with E-state index in [1.807, 2.05) is 5.92 Å². The van der Waals surface area contributed by atoms with E-state index in [0.29, 0.717) is 19.3 Å². The van der Waals surface area contributed by atoms with Crippen LogP contribution in [-0.4, -0.2) is 31.0 Å². The molecule has 1 aliphatic heterocycles. The zero-order valence-corrected chi connectivity index (χ0v) is 8.51. The van der Waals surface area contributed by atoms with Crippen LogP contribution in [0.25, 0.3) is 0 Å². The summed E-state index contributed by atoms with van der Waals surface area (Å²) in [6.45, 7) is 0. The van der Waals surface area contributed by atoms with Gasteiger partial charge in [-0.3, -0.25) is 0 Å². The van der Waals surface area contributed by atoms with Crippen molar-refractivity contribution in [2.24, 2.45) is 5.92 Å². The summed E-state index contributed by atoms with van der Waals surface area (Å²) < 4.78 is 22.1. The molecule has 1 N–H and O–H groups in total. The van der Waals surface area contributed by atoms with Crippen LogP contribution in [0, 0.1) is 17.8 Å². The van der Waals surface area contributed by atoms with E-state index in [1.54, 1.807) is 0 Å². The van der Waals surface area contributed by atoms with Gasteiger partial charge in [0.15, 0.2) is 0 Å². The third-order valence-corrected chi connectivity index (χ3v) is 3.98. The van der Waals surface area contributed by atoms with Gasteiger partial charge >= 0.3 is 5.97 Å². The summed E-state index contributed by atoms with van der Waals surface area (Å²) in [5.41, 5.74) is 0. The predicted molar refractivity (Wildman–Crippen MR) is 51.4 cm³/mol. The van der Waals surface area contributed by atoms with Crippen molar-refractivity contribution in [1.29, 1.82) is 0 Å². The lowest BCUT2D eigenvalue weighted by molar-refractivity contribution is -0.130. The van der Waals surface area contributed by atoms with Crippen LogP contribution < -0.4 is 0 Å². The number of carbonyl (C=O) groups is 1. The third kappa shape index (κ3) is 3.79. The normalized spacial score (nSPS) is 20.9. The number of sulfone groups is 1. The van der Waals surface area contributed by atoms with Crippen molar-refractivity contribution >= 4 is 15.8 Å². The van der Waals surface area contributed by atoms with Crippen molar-refractivity contribution in [3.8, 4) is 11.8 Å². The number of rotatable bonds is 1. The molecule has 0 amide bonds. The molecule has 78 valence electrons. The molecule has 0 saturated carbocycles. The molecule has 0 bridgehead atoms. The Morgan fingerprint density at radius 1 is 1.36 bits per heavy atom. The van der Waals surface area contributed by atoms with Gasteiger partial charge in [0.05, 0.1) is 11.5 Å². The summed E-state index contributed by atoms with van der Waals surface area (Å²) >= 11 is 0. The van der Waals surface area contributed by atoms with Crippen molar-refractivity contribution < 1.29 is 18.3 Å². The van der Waals surface area contributed by atoms with Crippen LogP contribution in [0.5, 0.6) is 0 Å². The molecule has 0 unspecified atom stereocenters. The van der Waals surface area contributed by atoms with E-state index >= 15 is 0 Å². The molecule has 0 radical (unpaired) electrons. The number of carboxylic acids is 1. The highest BCUT2D eigenvalue weighted by Crippen LogP contribution is 2.21. The Balaban J connectivity index is 2.38. The largest absolute Gasteiger partial charge is 0.472 e. The van der Waals surface area contributed by atoms with E-state index < -0.39 is 15.8 Å². The van der Waals surface area contributed by atoms with Crippen LogP contribution in [0.2, 0.25) is 0 Å². The van der Waals surface area contributed by atoms with Crippen LogP contribution in [0.3, 0.4) is 0 Å². The molecule has 0 aromatic rings. The lowest BCUT2D eigenvalue weighted by Crippen LogP contribution is -2.22. The van der Waals surface area contributed by atoms with Crippen molar-refractivity contribution in [3.63, 3.8) is 0 Å². The fourth-order valence-corrected chi connectivity index (χ4v) is 3.00. The molecule has 0 aromatic carbocycles. The Bertz CT molecular complexity index is 357. The van der Waals surface area contributed by atoms with E-state index in [4.69, 9.17) is 5.11 Å². The van der Waals surface area contributed by atoms with Gasteiger partial charge in [-0.1, -0.05) is 5.92 Å². The van der Waals surface area contributed by atoms with Crippen LogP contribution in [0.15, 0.2) is 0 Å². The molecule has 4 nitrogen and oxygen atoms in total. The van der Waals surface area contributed by atoms with Crippen molar-refractivity contribution in [1.82, 2.24) is 0 Å². The fourth-order valence-electron chi connectivity index (χ4n) is 1.41. The lowest BCUT2D eigenvalue weighted by Gasteiger charge is -2.19. The van der Waals surface area contributed by atoms with E-state index in [-0.39, 0.29) is 17.4 Å². The molecular formula is C9H12O4S. The SMILES string of the molecule is O=C(O)C#CCC1CCS(=O)(=O)CC1. The second kappa shape index (κ2) is 4.47. The van der Waals surface area contributed by atoms with Crippen molar-refractivity contribution in [2.75, 3.05) is 11.5 Å². The van der Waals surface area contributed by atoms with E-state index in [2.05, 4.69) is 5.92 Å². The second-order valence-corrected chi connectivity index (χ2v) is 5.71. The van der Waals surface area contributed by atoms with Gasteiger partial charge in [0.25, 0.3) is 0 Å². The summed E-state index contributed by atoms with van der Waals surface area (Å²) in [7, 11) is -2.82. The zero-order chi connectivity index (χ0) is 10.6. The van der Waals surface area contributed by atoms with Crippen LogP contribution in [0.1, 0.15) is 19.3 Å². The molecule has 5 heteroatoms. The fraction of sp³-hybridized carbons (Fsp3) is 0.667. The Morgan fingerprint density at radius 3 is 2.43 bits per heavy atom. The minimum atomic E-state index is -2.82. The van der Waals surface area contributed by atoms with Crippen molar-refractivity contribution in [3.05, 3.63) is 0 Å². The smallest absolute Gasteiger partial charge is 0.381 e. The number of aliphatic carboxylic acids is 1. The van der Waals surface area contributed by atoms with Gasteiger partial charge in [0.1, 0.15) is 9.84 Å². The molecule has 1 saturated heterocycles. The second-order valence-electron chi connectivity index (χ2n) is 3.41. The Morgan fingerprint density at radius 2 is 1.93 bits per heavy atom. The Labute approximate surface area is 83.2 Å². The van der Waals surface area contributed by atoms with Gasteiger partial charge in [-0.15, -0.1) is 0 Å². The number of hydrogen-bond acceptors (Lipinski definition) is 3. The highest BCUT2D eigenvalue weighted by Gasteiger charge is 2.22. The summed E-state index contributed by atoms with van der Waals surface area (Å²) in [5.74, 6) is 4.11. The van der Waals surface area contributed by atoms with Gasteiger partial charge in [-0.25, -0.2) is 13.2 Å². The first-order valence-electron chi connectivity index (χ1n) is 4.42. The van der Waals surface area contributed by atoms with E-state index in [9.17, 15) is 13.2 Å². The Hall–Kier alpha value is -1.02. The molecule has 14 heavy (non-hydrogen) atoms. The molecule has 1 fully saturated rings.